The zero-order valence-corrected chi connectivity index (χ0v) is 12.4. The number of benzene rings is 1. The second-order valence-electron chi connectivity index (χ2n) is 5.06. The summed E-state index contributed by atoms with van der Waals surface area (Å²) in [6.45, 7) is 0.589. The lowest BCUT2D eigenvalue weighted by atomic mass is 10.1. The number of hydrogen-bond acceptors (Lipinski definition) is 4. The molecule has 1 fully saturated rings. The molecule has 1 aromatic rings. The molecule has 0 unspecified atom stereocenters. The van der Waals surface area contributed by atoms with Gasteiger partial charge in [0.1, 0.15) is 5.75 Å². The largest absolute Gasteiger partial charge is 0.497 e. The highest BCUT2D eigenvalue weighted by atomic mass is 16.5. The second kappa shape index (κ2) is 7.08. The summed E-state index contributed by atoms with van der Waals surface area (Å²) in [6.07, 6.45) is 2.38. The number of ether oxygens (including phenoxy) is 1. The van der Waals surface area contributed by atoms with Crippen LogP contribution in [0.5, 0.6) is 5.75 Å². The van der Waals surface area contributed by atoms with E-state index in [4.69, 9.17) is 4.74 Å². The average molecular weight is 291 g/mol. The molecule has 0 aromatic heterocycles. The molecule has 6 nitrogen and oxygen atoms in total. The summed E-state index contributed by atoms with van der Waals surface area (Å²) in [4.78, 5) is 24.1. The van der Waals surface area contributed by atoms with Gasteiger partial charge in [0.15, 0.2) is 0 Å². The van der Waals surface area contributed by atoms with E-state index < -0.39 is 0 Å². The van der Waals surface area contributed by atoms with Crippen LogP contribution in [0.25, 0.3) is 0 Å². The highest BCUT2D eigenvalue weighted by Gasteiger charge is 2.25. The van der Waals surface area contributed by atoms with Crippen LogP contribution < -0.4 is 20.7 Å². The smallest absolute Gasteiger partial charge is 0.253 e. The summed E-state index contributed by atoms with van der Waals surface area (Å²) in [5.41, 5.74) is 0.939. The van der Waals surface area contributed by atoms with Crippen molar-refractivity contribution >= 4 is 17.5 Å². The monoisotopic (exact) mass is 291 g/mol. The molecule has 0 atom stereocenters. The number of carbonyl (C=O) groups excluding carboxylic acids is 2. The van der Waals surface area contributed by atoms with Gasteiger partial charge < -0.3 is 20.7 Å². The summed E-state index contributed by atoms with van der Waals surface area (Å²) >= 11 is 0. The molecule has 0 saturated heterocycles. The zero-order valence-electron chi connectivity index (χ0n) is 12.4. The van der Waals surface area contributed by atoms with E-state index in [1.54, 1.807) is 32.4 Å². The Kier molecular flexibility index (Phi) is 5.16. The normalized spacial score (nSPS) is 13.6. The Bertz CT molecular complexity index is 527. The first-order chi connectivity index (χ1) is 10.1. The van der Waals surface area contributed by atoms with Crippen LogP contribution >= 0.6 is 0 Å². The van der Waals surface area contributed by atoms with Crippen LogP contribution in [0.3, 0.4) is 0 Å². The van der Waals surface area contributed by atoms with E-state index in [-0.39, 0.29) is 17.9 Å². The standard InChI is InChI=1S/C15H21N3O3/c1-16-8-7-14(19)18-13-6-5-11(21-2)9-12(13)15(20)17-10-3-4-10/h5-6,9-10,16H,3-4,7-8H2,1-2H3,(H,17,20)(H,18,19). The van der Waals surface area contributed by atoms with Crippen LogP contribution in [0.2, 0.25) is 0 Å². The summed E-state index contributed by atoms with van der Waals surface area (Å²) in [5.74, 6) is 0.277. The van der Waals surface area contributed by atoms with Crippen molar-refractivity contribution in [1.82, 2.24) is 10.6 Å². The maximum Gasteiger partial charge on any atom is 0.253 e. The van der Waals surface area contributed by atoms with Crippen molar-refractivity contribution in [3.05, 3.63) is 23.8 Å². The van der Waals surface area contributed by atoms with Gasteiger partial charge in [-0.3, -0.25) is 9.59 Å². The van der Waals surface area contributed by atoms with Crippen LogP contribution in [-0.4, -0.2) is 38.6 Å². The Morgan fingerprint density at radius 2 is 2.10 bits per heavy atom. The van der Waals surface area contributed by atoms with Gasteiger partial charge in [0.25, 0.3) is 5.91 Å². The number of hydrogen-bond donors (Lipinski definition) is 3. The molecule has 21 heavy (non-hydrogen) atoms. The first-order valence-corrected chi connectivity index (χ1v) is 7.07. The van der Waals surface area contributed by atoms with Gasteiger partial charge in [0.2, 0.25) is 5.91 Å². The van der Waals surface area contributed by atoms with Gasteiger partial charge in [-0.05, 0) is 38.1 Å². The van der Waals surface area contributed by atoms with Crippen molar-refractivity contribution in [2.75, 3.05) is 26.0 Å². The van der Waals surface area contributed by atoms with E-state index in [1.165, 1.54) is 0 Å². The SMILES string of the molecule is CNCCC(=O)Nc1ccc(OC)cc1C(=O)NC1CC1. The molecule has 114 valence electrons. The fourth-order valence-corrected chi connectivity index (χ4v) is 1.89. The van der Waals surface area contributed by atoms with Gasteiger partial charge >= 0.3 is 0 Å². The molecule has 0 radical (unpaired) electrons. The van der Waals surface area contributed by atoms with Gasteiger partial charge in [-0.1, -0.05) is 0 Å². The molecule has 1 aliphatic carbocycles. The van der Waals surface area contributed by atoms with Gasteiger partial charge in [-0.25, -0.2) is 0 Å². The van der Waals surface area contributed by atoms with E-state index in [0.29, 0.717) is 30.0 Å². The fourth-order valence-electron chi connectivity index (χ4n) is 1.89. The van der Waals surface area contributed by atoms with Crippen molar-refractivity contribution in [1.29, 1.82) is 0 Å². The quantitative estimate of drug-likeness (QED) is 0.704. The number of anilines is 1. The van der Waals surface area contributed by atoms with E-state index >= 15 is 0 Å². The van der Waals surface area contributed by atoms with Gasteiger partial charge in [-0.15, -0.1) is 0 Å². The maximum atomic E-state index is 12.2. The highest BCUT2D eigenvalue weighted by Crippen LogP contribution is 2.25. The molecule has 2 rings (SSSR count). The topological polar surface area (TPSA) is 79.5 Å². The average Bonchev–Trinajstić information content (AvgIpc) is 3.29. The minimum Gasteiger partial charge on any atom is -0.497 e. The Balaban J connectivity index is 2.13. The number of carbonyl (C=O) groups is 2. The zero-order chi connectivity index (χ0) is 15.2. The number of nitrogens with one attached hydrogen (secondary N) is 3. The van der Waals surface area contributed by atoms with E-state index in [1.807, 2.05) is 0 Å². The predicted molar refractivity (Wildman–Crippen MR) is 80.7 cm³/mol. The molecule has 0 heterocycles. The summed E-state index contributed by atoms with van der Waals surface area (Å²) in [5, 5.41) is 8.61. The summed E-state index contributed by atoms with van der Waals surface area (Å²) < 4.78 is 5.15. The minimum atomic E-state index is -0.180. The summed E-state index contributed by atoms with van der Waals surface area (Å²) in [6, 6.07) is 5.32. The Morgan fingerprint density at radius 3 is 2.71 bits per heavy atom. The van der Waals surface area contributed by atoms with E-state index in [0.717, 1.165) is 12.8 Å². The van der Waals surface area contributed by atoms with Crippen LogP contribution in [-0.2, 0) is 4.79 Å². The van der Waals surface area contributed by atoms with Gasteiger partial charge in [-0.2, -0.15) is 0 Å². The third-order valence-electron chi connectivity index (χ3n) is 3.26. The predicted octanol–water partition coefficient (Wildman–Crippen LogP) is 1.14. The van der Waals surface area contributed by atoms with Crippen LogP contribution in [0.15, 0.2) is 18.2 Å². The Labute approximate surface area is 124 Å². The number of amides is 2. The Hall–Kier alpha value is -2.08. The number of rotatable bonds is 7. The molecule has 2 amide bonds. The lowest BCUT2D eigenvalue weighted by Gasteiger charge is -2.12. The van der Waals surface area contributed by atoms with Crippen molar-refractivity contribution in [3.8, 4) is 5.75 Å². The molecule has 6 heteroatoms. The van der Waals surface area contributed by atoms with E-state index in [2.05, 4.69) is 16.0 Å². The molecule has 0 spiro atoms. The van der Waals surface area contributed by atoms with Crippen molar-refractivity contribution in [2.45, 2.75) is 25.3 Å². The van der Waals surface area contributed by atoms with Crippen molar-refractivity contribution in [2.24, 2.45) is 0 Å². The lowest BCUT2D eigenvalue weighted by molar-refractivity contribution is -0.116. The lowest BCUT2D eigenvalue weighted by Crippen LogP contribution is -2.27. The molecular formula is C15H21N3O3. The summed E-state index contributed by atoms with van der Waals surface area (Å²) in [7, 11) is 3.33. The first kappa shape index (κ1) is 15.3. The molecule has 0 aliphatic heterocycles. The number of methoxy groups -OCH3 is 1. The van der Waals surface area contributed by atoms with Gasteiger partial charge in [0, 0.05) is 19.0 Å². The maximum absolute atomic E-state index is 12.2. The Morgan fingerprint density at radius 1 is 1.33 bits per heavy atom. The van der Waals surface area contributed by atoms with Crippen LogP contribution in [0.1, 0.15) is 29.6 Å². The third-order valence-corrected chi connectivity index (χ3v) is 3.26. The van der Waals surface area contributed by atoms with Gasteiger partial charge in [0.05, 0.1) is 18.4 Å². The molecule has 1 aliphatic rings. The molecular weight excluding hydrogens is 270 g/mol. The minimum absolute atomic E-state index is 0.130. The molecule has 1 saturated carbocycles. The van der Waals surface area contributed by atoms with Crippen LogP contribution in [0.4, 0.5) is 5.69 Å². The molecule has 3 N–H and O–H groups in total. The van der Waals surface area contributed by atoms with Crippen molar-refractivity contribution < 1.29 is 14.3 Å². The second-order valence-corrected chi connectivity index (χ2v) is 5.06. The van der Waals surface area contributed by atoms with E-state index in [9.17, 15) is 9.59 Å². The van der Waals surface area contributed by atoms with Crippen LogP contribution in [0, 0.1) is 0 Å². The van der Waals surface area contributed by atoms with Crippen molar-refractivity contribution in [3.63, 3.8) is 0 Å². The fraction of sp³-hybridized carbons (Fsp3) is 0.467. The highest BCUT2D eigenvalue weighted by molar-refractivity contribution is 6.04. The molecule has 0 bridgehead atoms. The molecule has 1 aromatic carbocycles. The third kappa shape index (κ3) is 4.46. The first-order valence-electron chi connectivity index (χ1n) is 7.07.